The highest BCUT2D eigenvalue weighted by molar-refractivity contribution is 6.32. The normalized spacial score (nSPS) is 15.5. The average Bonchev–Trinajstić information content (AvgIpc) is 2.92. The largest absolute Gasteiger partial charge is 0.372 e. The molecule has 1 aromatic heterocycles. The van der Waals surface area contributed by atoms with Gasteiger partial charge in [-0.1, -0.05) is 0 Å². The number of hydrogen-bond acceptors (Lipinski definition) is 3. The molecule has 26 heavy (non-hydrogen) atoms. The van der Waals surface area contributed by atoms with Crippen LogP contribution in [0.1, 0.15) is 26.3 Å². The van der Waals surface area contributed by atoms with Crippen molar-refractivity contribution in [2.75, 3.05) is 23.0 Å². The fourth-order valence-corrected chi connectivity index (χ4v) is 3.12. The summed E-state index contributed by atoms with van der Waals surface area (Å²) in [4.78, 5) is 15.1. The molecule has 134 valence electrons. The molecule has 2 heterocycles. The molecule has 5 heteroatoms. The molecule has 0 N–H and O–H groups in total. The van der Waals surface area contributed by atoms with Crippen LogP contribution >= 0.6 is 0 Å². The van der Waals surface area contributed by atoms with Crippen molar-refractivity contribution < 1.29 is 9.36 Å². The van der Waals surface area contributed by atoms with Crippen LogP contribution in [0.2, 0.25) is 0 Å². The number of benzene rings is 1. The lowest BCUT2D eigenvalue weighted by atomic mass is 10.1. The third-order valence-electron chi connectivity index (χ3n) is 4.56. The van der Waals surface area contributed by atoms with Gasteiger partial charge in [0.15, 0.2) is 12.4 Å². The zero-order chi connectivity index (χ0) is 18.7. The van der Waals surface area contributed by atoms with Crippen LogP contribution in [0.25, 0.3) is 6.08 Å². The first-order chi connectivity index (χ1) is 12.5. The van der Waals surface area contributed by atoms with Crippen molar-refractivity contribution in [1.29, 1.82) is 0 Å². The zero-order valence-corrected chi connectivity index (χ0v) is 15.8. The van der Waals surface area contributed by atoms with Crippen molar-refractivity contribution in [1.82, 2.24) is 0 Å². The lowest BCUT2D eigenvalue weighted by Crippen LogP contribution is -2.26. The second kappa shape index (κ2) is 7.52. The summed E-state index contributed by atoms with van der Waals surface area (Å²) in [6.45, 7) is 8.05. The Morgan fingerprint density at radius 1 is 1.15 bits per heavy atom. The molecule has 3 rings (SSSR count). The number of carbonyl (C=O) groups excluding carboxylic acids is 1. The van der Waals surface area contributed by atoms with Gasteiger partial charge in [-0.25, -0.2) is 4.57 Å². The number of rotatable bonds is 5. The monoisotopic (exact) mass is 349 g/mol. The Morgan fingerprint density at radius 3 is 2.46 bits per heavy atom. The predicted molar refractivity (Wildman–Crippen MR) is 106 cm³/mol. The van der Waals surface area contributed by atoms with E-state index in [2.05, 4.69) is 23.8 Å². The van der Waals surface area contributed by atoms with E-state index in [1.54, 1.807) is 0 Å². The Bertz CT molecular complexity index is 864. The van der Waals surface area contributed by atoms with Crippen LogP contribution in [-0.2, 0) is 11.8 Å². The predicted octanol–water partition coefficient (Wildman–Crippen LogP) is 3.16. The third-order valence-corrected chi connectivity index (χ3v) is 4.56. The second-order valence-electron chi connectivity index (χ2n) is 6.35. The summed E-state index contributed by atoms with van der Waals surface area (Å²) in [5, 5.41) is 5.95. The van der Waals surface area contributed by atoms with Gasteiger partial charge in [-0.15, -0.1) is 0 Å². The molecule has 0 fully saturated rings. The molecular formula is C21H25N4O+. The highest BCUT2D eigenvalue weighted by atomic mass is 16.2. The molecule has 0 bridgehead atoms. The number of pyridine rings is 1. The van der Waals surface area contributed by atoms with Gasteiger partial charge in [0.1, 0.15) is 7.05 Å². The van der Waals surface area contributed by atoms with Gasteiger partial charge in [0.05, 0.1) is 17.0 Å². The molecule has 1 aromatic carbocycles. The van der Waals surface area contributed by atoms with Crippen LogP contribution < -0.4 is 14.5 Å². The number of hydrogen-bond donors (Lipinski definition) is 0. The number of hydrazone groups is 1. The van der Waals surface area contributed by atoms with Gasteiger partial charge >= 0.3 is 0 Å². The summed E-state index contributed by atoms with van der Waals surface area (Å²) in [5.41, 5.74) is 4.27. The van der Waals surface area contributed by atoms with Crippen LogP contribution in [0.3, 0.4) is 0 Å². The van der Waals surface area contributed by atoms with Gasteiger partial charge in [-0.3, -0.25) is 4.79 Å². The van der Waals surface area contributed by atoms with Crippen LogP contribution in [0.15, 0.2) is 59.5 Å². The number of carbonyl (C=O) groups is 1. The third kappa shape index (κ3) is 3.52. The molecule has 0 saturated carbocycles. The number of aromatic nitrogens is 1. The Morgan fingerprint density at radius 2 is 1.85 bits per heavy atom. The van der Waals surface area contributed by atoms with E-state index >= 15 is 0 Å². The molecule has 1 aliphatic rings. The molecule has 0 spiro atoms. The minimum atomic E-state index is -0.0930. The van der Waals surface area contributed by atoms with E-state index in [0.717, 1.165) is 35.7 Å². The van der Waals surface area contributed by atoms with Crippen molar-refractivity contribution in [3.63, 3.8) is 0 Å². The lowest BCUT2D eigenvalue weighted by Gasteiger charge is -2.21. The van der Waals surface area contributed by atoms with E-state index in [9.17, 15) is 4.79 Å². The van der Waals surface area contributed by atoms with Crippen LogP contribution in [0.5, 0.6) is 0 Å². The van der Waals surface area contributed by atoms with E-state index in [1.165, 1.54) is 5.01 Å². The molecule has 0 aliphatic carbocycles. The zero-order valence-electron chi connectivity index (χ0n) is 15.8. The van der Waals surface area contributed by atoms with Gasteiger partial charge in [-0.05, 0) is 57.2 Å². The maximum Gasteiger partial charge on any atom is 0.280 e. The van der Waals surface area contributed by atoms with Crippen LogP contribution in [0, 0.1) is 0 Å². The SMILES string of the molecule is CCN(CC)c1ccc(N2N=C(C)/C(=C\c3ccc[n+](C)c3)C2=O)cc1. The minimum absolute atomic E-state index is 0.0930. The Kier molecular flexibility index (Phi) is 5.16. The topological polar surface area (TPSA) is 39.8 Å². The van der Waals surface area contributed by atoms with E-state index in [1.807, 2.05) is 73.4 Å². The smallest absolute Gasteiger partial charge is 0.280 e. The van der Waals surface area contributed by atoms with Gasteiger partial charge in [0.25, 0.3) is 5.91 Å². The van der Waals surface area contributed by atoms with Crippen molar-refractivity contribution in [2.45, 2.75) is 20.8 Å². The molecule has 0 atom stereocenters. The molecule has 0 unspecified atom stereocenters. The Labute approximate surface area is 154 Å². The van der Waals surface area contributed by atoms with Gasteiger partial charge < -0.3 is 4.90 Å². The fourth-order valence-electron chi connectivity index (χ4n) is 3.12. The average molecular weight is 349 g/mol. The molecule has 2 aromatic rings. The number of aryl methyl sites for hydroxylation is 1. The number of nitrogens with zero attached hydrogens (tertiary/aromatic N) is 4. The van der Waals surface area contributed by atoms with E-state index in [-0.39, 0.29) is 5.91 Å². The standard InChI is InChI=1S/C21H25N4O/c1-5-24(6-2)18-9-11-19(12-10-18)25-21(26)20(16(3)22-25)14-17-8-7-13-23(4)15-17/h7-15H,5-6H2,1-4H3/q+1/b20-14+. The molecule has 1 amide bonds. The van der Waals surface area contributed by atoms with Gasteiger partial charge in [-0.2, -0.15) is 10.1 Å². The molecule has 1 aliphatic heterocycles. The van der Waals surface area contributed by atoms with Gasteiger partial charge in [0, 0.05) is 30.4 Å². The molecular weight excluding hydrogens is 324 g/mol. The van der Waals surface area contributed by atoms with Crippen LogP contribution in [0.4, 0.5) is 11.4 Å². The van der Waals surface area contributed by atoms with E-state index < -0.39 is 0 Å². The molecule has 5 nitrogen and oxygen atoms in total. The highest BCUT2D eigenvalue weighted by Crippen LogP contribution is 2.27. The van der Waals surface area contributed by atoms with Crippen molar-refractivity contribution in [3.8, 4) is 0 Å². The molecule has 0 radical (unpaired) electrons. The summed E-state index contributed by atoms with van der Waals surface area (Å²) in [6, 6.07) is 11.9. The number of anilines is 2. The summed E-state index contributed by atoms with van der Waals surface area (Å²) in [5.74, 6) is -0.0930. The number of amides is 1. The second-order valence-corrected chi connectivity index (χ2v) is 6.35. The minimum Gasteiger partial charge on any atom is -0.372 e. The summed E-state index contributed by atoms with van der Waals surface area (Å²) < 4.78 is 1.96. The van der Waals surface area contributed by atoms with Crippen LogP contribution in [-0.4, -0.2) is 24.7 Å². The maximum absolute atomic E-state index is 12.9. The Balaban J connectivity index is 1.86. The summed E-state index contributed by atoms with van der Waals surface area (Å²) in [7, 11) is 1.96. The molecule has 0 saturated heterocycles. The van der Waals surface area contributed by atoms with Crippen molar-refractivity contribution >= 4 is 29.1 Å². The maximum atomic E-state index is 12.9. The fraction of sp³-hybridized carbons (Fsp3) is 0.286. The summed E-state index contributed by atoms with van der Waals surface area (Å²) in [6.07, 6.45) is 5.84. The summed E-state index contributed by atoms with van der Waals surface area (Å²) >= 11 is 0. The quantitative estimate of drug-likeness (QED) is 0.614. The lowest BCUT2D eigenvalue weighted by molar-refractivity contribution is -0.671. The van der Waals surface area contributed by atoms with Gasteiger partial charge in [0.2, 0.25) is 0 Å². The van der Waals surface area contributed by atoms with E-state index in [0.29, 0.717) is 5.57 Å². The first-order valence-corrected chi connectivity index (χ1v) is 8.95. The van der Waals surface area contributed by atoms with Crippen molar-refractivity contribution in [2.24, 2.45) is 12.1 Å². The first-order valence-electron chi connectivity index (χ1n) is 8.95. The highest BCUT2D eigenvalue weighted by Gasteiger charge is 2.28. The van der Waals surface area contributed by atoms with Crippen molar-refractivity contribution in [3.05, 3.63) is 59.9 Å². The first kappa shape index (κ1) is 17.9. The van der Waals surface area contributed by atoms with E-state index in [4.69, 9.17) is 0 Å². The Hall–Kier alpha value is -2.95.